The number of hydrogen-bond donors (Lipinski definition) is 0. The highest BCUT2D eigenvalue weighted by molar-refractivity contribution is 5.70. The lowest BCUT2D eigenvalue weighted by molar-refractivity contribution is -0.889. The Morgan fingerprint density at radius 2 is 0.983 bits per heavy atom. The molecule has 0 radical (unpaired) electrons. The third-order valence-corrected chi connectivity index (χ3v) is 8.88. The highest BCUT2D eigenvalue weighted by Crippen LogP contribution is 2.10. The third-order valence-electron chi connectivity index (χ3n) is 8.88. The second-order valence-electron chi connectivity index (χ2n) is 15.3. The zero-order valence-corrected chi connectivity index (χ0v) is 37.8. The van der Waals surface area contributed by atoms with Crippen LogP contribution in [0.3, 0.4) is 0 Å². The van der Waals surface area contributed by atoms with Crippen LogP contribution < -0.4 is 5.11 Å². The van der Waals surface area contributed by atoms with E-state index in [1.165, 1.54) is 0 Å². The number of carbonyl (C=O) groups is 3. The first kappa shape index (κ1) is 55.5. The number of ether oxygens (including phenoxy) is 3. The number of likely N-dealkylation sites (N-methyl/N-ethyl adjacent to an activating group) is 1. The molecule has 0 saturated heterocycles. The van der Waals surface area contributed by atoms with Gasteiger partial charge < -0.3 is 28.6 Å². The molecule has 0 aliphatic heterocycles. The van der Waals surface area contributed by atoms with Crippen molar-refractivity contribution in [1.82, 2.24) is 0 Å². The fourth-order valence-corrected chi connectivity index (χ4v) is 5.48. The molecular formula is C52H79NO7. The van der Waals surface area contributed by atoms with Gasteiger partial charge in [0.1, 0.15) is 12.6 Å². The second-order valence-corrected chi connectivity index (χ2v) is 15.3. The first-order valence-electron chi connectivity index (χ1n) is 22.3. The highest BCUT2D eigenvalue weighted by atomic mass is 16.6. The normalized spacial score (nSPS) is 14.2. The Hall–Kier alpha value is -4.53. The molecule has 2 atom stereocenters. The minimum absolute atomic E-state index is 0.00615. The summed E-state index contributed by atoms with van der Waals surface area (Å²) in [6.45, 7) is 4.26. The Labute approximate surface area is 364 Å². The van der Waals surface area contributed by atoms with Gasteiger partial charge in [-0.3, -0.25) is 9.59 Å². The Kier molecular flexibility index (Phi) is 38.1. The van der Waals surface area contributed by atoms with Crippen LogP contribution >= 0.6 is 0 Å². The van der Waals surface area contributed by atoms with Gasteiger partial charge in [-0.15, -0.1) is 0 Å². The largest absolute Gasteiger partial charge is 0.544 e. The number of hydrogen-bond acceptors (Lipinski definition) is 7. The monoisotopic (exact) mass is 830 g/mol. The van der Waals surface area contributed by atoms with E-state index in [0.717, 1.165) is 77.0 Å². The number of quaternary nitrogens is 1. The minimum Gasteiger partial charge on any atom is -0.544 e. The van der Waals surface area contributed by atoms with Crippen LogP contribution in [0.25, 0.3) is 0 Å². The van der Waals surface area contributed by atoms with Crippen molar-refractivity contribution in [3.05, 3.63) is 134 Å². The summed E-state index contributed by atoms with van der Waals surface area (Å²) in [4.78, 5) is 36.8. The van der Waals surface area contributed by atoms with E-state index in [-0.39, 0.29) is 49.5 Å². The molecule has 0 spiro atoms. The maximum Gasteiger partial charge on any atom is 0.306 e. The molecule has 0 N–H and O–H groups in total. The maximum absolute atomic E-state index is 12.7. The maximum atomic E-state index is 12.7. The summed E-state index contributed by atoms with van der Waals surface area (Å²) in [5, 5.41) is 11.6. The van der Waals surface area contributed by atoms with Crippen molar-refractivity contribution >= 4 is 17.9 Å². The number of unbranched alkanes of at least 4 members (excludes halogenated alkanes) is 4. The van der Waals surface area contributed by atoms with E-state index in [2.05, 4.69) is 111 Å². The van der Waals surface area contributed by atoms with Gasteiger partial charge in [0.15, 0.2) is 6.10 Å². The summed E-state index contributed by atoms with van der Waals surface area (Å²) < 4.78 is 17.0. The van der Waals surface area contributed by atoms with E-state index in [1.54, 1.807) is 21.1 Å². The minimum atomic E-state index is -1.15. The van der Waals surface area contributed by atoms with Crippen molar-refractivity contribution < 1.29 is 38.2 Å². The molecule has 0 aromatic rings. The zero-order chi connectivity index (χ0) is 44.2. The van der Waals surface area contributed by atoms with Crippen molar-refractivity contribution in [2.75, 3.05) is 41.0 Å². The molecule has 0 aromatic carbocycles. The van der Waals surface area contributed by atoms with Crippen LogP contribution in [0.4, 0.5) is 0 Å². The summed E-state index contributed by atoms with van der Waals surface area (Å²) in [5.74, 6) is -1.89. The summed E-state index contributed by atoms with van der Waals surface area (Å²) in [6, 6.07) is -0.752. The van der Waals surface area contributed by atoms with E-state index in [0.29, 0.717) is 12.8 Å². The zero-order valence-electron chi connectivity index (χ0n) is 37.8. The van der Waals surface area contributed by atoms with Gasteiger partial charge in [0.2, 0.25) is 0 Å². The summed E-state index contributed by atoms with van der Waals surface area (Å²) in [6.07, 6.45) is 59.2. The SMILES string of the molecule is CC/C=C/C=C/C=C/C=C/CCCCCC(=O)OCC(COCCC(C(=O)[O-])[N+](C)(C)C)OC(=O)CCC/C=C/C/C=C/C/C=C/C/C=C/C/C=C/C/C=C/C/C=C/CC. The smallest absolute Gasteiger partial charge is 0.306 e. The van der Waals surface area contributed by atoms with Crippen molar-refractivity contribution in [2.24, 2.45) is 0 Å². The number of carboxylic acid groups (broad SMARTS) is 1. The van der Waals surface area contributed by atoms with Crippen molar-refractivity contribution in [3.8, 4) is 0 Å². The molecule has 0 heterocycles. The average molecular weight is 830 g/mol. The van der Waals surface area contributed by atoms with Crippen molar-refractivity contribution in [3.63, 3.8) is 0 Å². The molecule has 8 nitrogen and oxygen atoms in total. The molecular weight excluding hydrogens is 751 g/mol. The topological polar surface area (TPSA) is 102 Å². The fraction of sp³-hybridized carbons (Fsp3) is 0.519. The molecule has 0 fully saturated rings. The Bertz CT molecular complexity index is 1430. The molecule has 0 amide bonds. The molecule has 0 aromatic heterocycles. The Balaban J connectivity index is 4.52. The average Bonchev–Trinajstić information content (AvgIpc) is 3.21. The van der Waals surface area contributed by atoms with Crippen molar-refractivity contribution in [1.29, 1.82) is 0 Å². The van der Waals surface area contributed by atoms with Gasteiger partial charge in [-0.2, -0.15) is 0 Å². The number of carboxylic acids is 1. The summed E-state index contributed by atoms with van der Waals surface area (Å²) in [5.41, 5.74) is 0. The first-order chi connectivity index (χ1) is 29.1. The van der Waals surface area contributed by atoms with Crippen LogP contribution in [-0.4, -0.2) is 75.5 Å². The molecule has 0 saturated carbocycles. The van der Waals surface area contributed by atoms with E-state index in [9.17, 15) is 19.5 Å². The van der Waals surface area contributed by atoms with Gasteiger partial charge in [-0.1, -0.05) is 154 Å². The summed E-state index contributed by atoms with van der Waals surface area (Å²) in [7, 11) is 5.35. The van der Waals surface area contributed by atoms with Crippen LogP contribution in [0.1, 0.15) is 123 Å². The molecule has 334 valence electrons. The Morgan fingerprint density at radius 1 is 0.517 bits per heavy atom. The van der Waals surface area contributed by atoms with Crippen LogP contribution in [0.5, 0.6) is 0 Å². The van der Waals surface area contributed by atoms with Gasteiger partial charge >= 0.3 is 11.9 Å². The summed E-state index contributed by atoms with van der Waals surface area (Å²) >= 11 is 0. The second kappa shape index (κ2) is 41.2. The Morgan fingerprint density at radius 3 is 1.50 bits per heavy atom. The number of allylic oxidation sites excluding steroid dienone is 22. The number of nitrogens with zero attached hydrogens (tertiary/aromatic N) is 1. The van der Waals surface area contributed by atoms with Crippen LogP contribution in [0.15, 0.2) is 134 Å². The van der Waals surface area contributed by atoms with Crippen LogP contribution in [0, 0.1) is 0 Å². The van der Waals surface area contributed by atoms with E-state index in [1.807, 2.05) is 36.5 Å². The van der Waals surface area contributed by atoms with Gasteiger partial charge in [0, 0.05) is 19.3 Å². The molecule has 2 unspecified atom stereocenters. The molecule has 60 heavy (non-hydrogen) atoms. The van der Waals surface area contributed by atoms with Gasteiger partial charge in [-0.05, 0) is 83.5 Å². The predicted octanol–water partition coefficient (Wildman–Crippen LogP) is 11.1. The molecule has 0 rings (SSSR count). The number of esters is 2. The molecule has 0 aliphatic rings. The number of aliphatic carboxylic acids is 1. The lowest BCUT2D eigenvalue weighted by Crippen LogP contribution is -2.55. The van der Waals surface area contributed by atoms with E-state index in [4.69, 9.17) is 14.2 Å². The molecule has 0 aliphatic carbocycles. The predicted molar refractivity (Wildman–Crippen MR) is 249 cm³/mol. The molecule has 8 heteroatoms. The van der Waals surface area contributed by atoms with Gasteiger partial charge in [0.25, 0.3) is 0 Å². The van der Waals surface area contributed by atoms with Gasteiger partial charge in [-0.25, -0.2) is 0 Å². The molecule has 0 bridgehead atoms. The van der Waals surface area contributed by atoms with E-state index < -0.39 is 24.1 Å². The first-order valence-corrected chi connectivity index (χ1v) is 22.3. The highest BCUT2D eigenvalue weighted by Gasteiger charge is 2.25. The quantitative estimate of drug-likeness (QED) is 0.0202. The fourth-order valence-electron chi connectivity index (χ4n) is 5.48. The number of rotatable bonds is 37. The van der Waals surface area contributed by atoms with Crippen LogP contribution in [0.2, 0.25) is 0 Å². The standard InChI is InChI=1S/C52H79NO7/c1-6-8-10-12-14-16-18-20-21-22-23-24-25-26-27-28-29-31-33-35-37-39-41-43-51(55)60-48(46-58-45-44-49(52(56)57)53(3,4)5)47-59-50(54)42-40-38-36-34-32-30-19-17-15-13-11-9-7-2/h8-11,13-17,19-21,23-24,26-27,29-32,35,37,48-49H,6-7,12,18,22,25,28,33-34,36,38-47H2,1-5H3/b10-8+,11-9+,15-13+,16-14+,19-17+,21-20+,24-23+,27-26+,31-29+,32-30+,37-35+. The van der Waals surface area contributed by atoms with Crippen molar-refractivity contribution in [2.45, 2.75) is 135 Å². The lowest BCUT2D eigenvalue weighted by Gasteiger charge is -2.34. The van der Waals surface area contributed by atoms with Crippen LogP contribution in [-0.2, 0) is 28.6 Å². The lowest BCUT2D eigenvalue weighted by atomic mass is 10.1. The van der Waals surface area contributed by atoms with Gasteiger partial charge in [0.05, 0.1) is 40.3 Å². The van der Waals surface area contributed by atoms with E-state index >= 15 is 0 Å². The number of carbonyl (C=O) groups excluding carboxylic acids is 3. The third kappa shape index (κ3) is 39.0.